The van der Waals surface area contributed by atoms with Crippen molar-refractivity contribution in [2.45, 2.75) is 197 Å². The van der Waals surface area contributed by atoms with Crippen LogP contribution in [0.4, 0.5) is 0 Å². The number of nitrogens with one attached hydrogen (secondary N) is 2. The first-order chi connectivity index (χ1) is 22.8. The standard InChI is InChI=1S/C13H28N2O.C8H19N.C3H6O2.C3H5O.5C2H6.C2H4.C2H2.CH4.3Y/c1-6-13(16)15(12(4)5)10-9-14-8-7-11(2)3;1-7(2)5-6-9-8(3)4;1-2-3(4)5;1-2-3-4;7*1-2;;;;/h11-12,14H,6-10H2,1-5H3;7-9H,5-6H2,1-4H3;2H2,1H3,(H,4,5);2H2,1H3;5*1-2H3;1-2H2;1-2H;1H4;;;/q;;;-1;;;;;;;;;;;. The normalized spacial score (nSPS) is 7.29. The monoisotopic (exact) mass is 975 g/mol. The molecule has 0 aromatic heterocycles. The summed E-state index contributed by atoms with van der Waals surface area (Å²) in [6.45, 7) is 52.7. The van der Waals surface area contributed by atoms with E-state index in [1.54, 1.807) is 20.1 Å². The van der Waals surface area contributed by atoms with E-state index in [-0.39, 0.29) is 118 Å². The molecular formula is C42H98N3O4Y3-. The molecule has 3 radical (unpaired) electrons. The fourth-order valence-corrected chi connectivity index (χ4v) is 2.25. The van der Waals surface area contributed by atoms with Crippen molar-refractivity contribution in [3.05, 3.63) is 13.2 Å². The average Bonchev–Trinajstić information content (AvgIpc) is 3.12. The SMILES string of the molecule is C.C#C.C=C.CC.CC.CC.CC.CC.CC(C)CCNC(C)C.CCC(=O)N(CCNCCC(C)C)C(C)C.CCC(=O)O.CC[C-]=O.[Y].[Y].[Y]. The topological polar surface area (TPSA) is 98.7 Å². The maximum absolute atomic E-state index is 11.6. The predicted octanol–water partition coefficient (Wildman–Crippen LogP) is 12.1. The molecule has 0 saturated carbocycles. The molecule has 0 spiro atoms. The molecule has 0 saturated heterocycles. The number of aliphatic carboxylic acids is 1. The molecule has 1 amide bonds. The first kappa shape index (κ1) is 99.3. The number of hydrogen-bond acceptors (Lipinski definition) is 5. The van der Waals surface area contributed by atoms with Gasteiger partial charge in [-0.3, -0.25) is 15.9 Å². The van der Waals surface area contributed by atoms with Crippen molar-refractivity contribution in [1.82, 2.24) is 15.5 Å². The van der Waals surface area contributed by atoms with Crippen LogP contribution in [-0.2, 0) is 113 Å². The quantitative estimate of drug-likeness (QED) is 0.0694. The molecule has 10 heteroatoms. The first-order valence-corrected chi connectivity index (χ1v) is 18.9. The minimum atomic E-state index is -0.745. The molecule has 315 valence electrons. The molecule has 3 N–H and O–H groups in total. The summed E-state index contributed by atoms with van der Waals surface area (Å²) in [5.41, 5.74) is 0. The van der Waals surface area contributed by atoms with E-state index in [0.717, 1.165) is 38.0 Å². The Morgan fingerprint density at radius 1 is 0.673 bits per heavy atom. The molecule has 0 aromatic carbocycles. The van der Waals surface area contributed by atoms with E-state index in [2.05, 4.69) is 92.0 Å². The average molecular weight is 976 g/mol. The van der Waals surface area contributed by atoms with Gasteiger partial charge in [0.2, 0.25) is 5.91 Å². The van der Waals surface area contributed by atoms with E-state index < -0.39 is 5.97 Å². The van der Waals surface area contributed by atoms with Gasteiger partial charge < -0.3 is 25.4 Å². The summed E-state index contributed by atoms with van der Waals surface area (Å²) < 4.78 is 0. The van der Waals surface area contributed by atoms with Gasteiger partial charge in [0.1, 0.15) is 0 Å². The summed E-state index contributed by atoms with van der Waals surface area (Å²) in [6.07, 6.45) is 13.5. The maximum Gasteiger partial charge on any atom is 0.303 e. The van der Waals surface area contributed by atoms with Crippen LogP contribution in [0, 0.1) is 24.7 Å². The summed E-state index contributed by atoms with van der Waals surface area (Å²) in [6, 6.07) is 0.947. The zero-order valence-electron chi connectivity index (χ0n) is 38.6. The van der Waals surface area contributed by atoms with Gasteiger partial charge in [0, 0.05) is 136 Å². The minimum absolute atomic E-state index is 0. The Kier molecular flexibility index (Phi) is 223. The van der Waals surface area contributed by atoms with Gasteiger partial charge in [0.05, 0.1) is 0 Å². The van der Waals surface area contributed by atoms with Crippen molar-refractivity contribution in [3.63, 3.8) is 0 Å². The molecule has 0 unspecified atom stereocenters. The van der Waals surface area contributed by atoms with E-state index in [1.165, 1.54) is 12.8 Å². The third-order valence-corrected chi connectivity index (χ3v) is 4.40. The predicted molar refractivity (Wildman–Crippen MR) is 231 cm³/mol. The molecule has 0 atom stereocenters. The van der Waals surface area contributed by atoms with Crippen molar-refractivity contribution in [2.24, 2.45) is 11.8 Å². The molecule has 0 heterocycles. The molecule has 0 aromatic rings. The fourth-order valence-electron chi connectivity index (χ4n) is 2.25. The van der Waals surface area contributed by atoms with Crippen LogP contribution in [0.25, 0.3) is 0 Å². The third kappa shape index (κ3) is 162. The van der Waals surface area contributed by atoms with Gasteiger partial charge in [-0.1, -0.05) is 139 Å². The number of carbonyl (C=O) groups is 2. The van der Waals surface area contributed by atoms with Crippen LogP contribution >= 0.6 is 0 Å². The van der Waals surface area contributed by atoms with Gasteiger partial charge in [-0.2, -0.15) is 6.42 Å². The zero-order valence-corrected chi connectivity index (χ0v) is 47.1. The van der Waals surface area contributed by atoms with E-state index >= 15 is 0 Å². The van der Waals surface area contributed by atoms with E-state index in [4.69, 9.17) is 9.90 Å². The number of carboxylic acids is 1. The number of carbonyl (C=O) groups excluding carboxylic acids is 2. The second-order valence-corrected chi connectivity index (χ2v) is 9.50. The minimum Gasteiger partial charge on any atom is -0.542 e. The molecule has 0 aliphatic rings. The zero-order chi connectivity index (χ0) is 41.5. The van der Waals surface area contributed by atoms with Crippen molar-refractivity contribution in [3.8, 4) is 12.8 Å². The van der Waals surface area contributed by atoms with Crippen LogP contribution in [-0.4, -0.2) is 66.4 Å². The summed E-state index contributed by atoms with van der Waals surface area (Å²) >= 11 is 0. The third-order valence-electron chi connectivity index (χ3n) is 4.40. The largest absolute Gasteiger partial charge is 0.542 e. The maximum atomic E-state index is 11.6. The molecule has 52 heavy (non-hydrogen) atoms. The number of carboxylic acid groups (broad SMARTS) is 1. The van der Waals surface area contributed by atoms with Gasteiger partial charge in [0.25, 0.3) is 0 Å². The van der Waals surface area contributed by atoms with Crippen LogP contribution in [0.2, 0.25) is 0 Å². The van der Waals surface area contributed by atoms with Crippen molar-refractivity contribution in [1.29, 1.82) is 0 Å². The van der Waals surface area contributed by atoms with Gasteiger partial charge in [-0.15, -0.1) is 26.0 Å². The number of amides is 1. The van der Waals surface area contributed by atoms with Crippen LogP contribution in [0.3, 0.4) is 0 Å². The molecule has 7 nitrogen and oxygen atoms in total. The molecule has 0 rings (SSSR count). The smallest absolute Gasteiger partial charge is 0.303 e. The number of nitrogens with zero attached hydrogens (tertiary/aromatic N) is 1. The van der Waals surface area contributed by atoms with Crippen LogP contribution < -0.4 is 10.6 Å². The summed E-state index contributed by atoms with van der Waals surface area (Å²) in [5.74, 6) is 1.08. The van der Waals surface area contributed by atoms with Crippen molar-refractivity contribution >= 4 is 18.2 Å². The number of hydrogen-bond donors (Lipinski definition) is 3. The molecule has 0 aliphatic heterocycles. The number of rotatable bonds is 14. The molecule has 0 fully saturated rings. The van der Waals surface area contributed by atoms with Gasteiger partial charge in [0.15, 0.2) is 0 Å². The van der Waals surface area contributed by atoms with E-state index in [1.807, 2.05) is 81.1 Å². The van der Waals surface area contributed by atoms with Crippen LogP contribution in [0.5, 0.6) is 0 Å². The van der Waals surface area contributed by atoms with Crippen LogP contribution in [0.15, 0.2) is 13.2 Å². The van der Waals surface area contributed by atoms with Crippen molar-refractivity contribution in [2.75, 3.05) is 26.2 Å². The fraction of sp³-hybridized carbons (Fsp3) is 0.833. The van der Waals surface area contributed by atoms with E-state index in [0.29, 0.717) is 24.9 Å². The second kappa shape index (κ2) is 117. The van der Waals surface area contributed by atoms with Crippen LogP contribution in [0.1, 0.15) is 185 Å². The Bertz CT molecular complexity index is 516. The first-order valence-electron chi connectivity index (χ1n) is 18.9. The Balaban J connectivity index is -0.0000000253. The molecule has 0 bridgehead atoms. The summed E-state index contributed by atoms with van der Waals surface area (Å²) in [5, 5.41) is 14.5. The van der Waals surface area contributed by atoms with Crippen molar-refractivity contribution < 1.29 is 118 Å². The number of terminal acetylenes is 1. The molecular weight excluding hydrogens is 877 g/mol. The Morgan fingerprint density at radius 3 is 1.15 bits per heavy atom. The van der Waals surface area contributed by atoms with E-state index in [9.17, 15) is 9.59 Å². The molecule has 0 aliphatic carbocycles. The van der Waals surface area contributed by atoms with Gasteiger partial charge in [-0.25, -0.2) is 0 Å². The second-order valence-electron chi connectivity index (χ2n) is 9.50. The van der Waals surface area contributed by atoms with Gasteiger partial charge in [-0.05, 0) is 51.6 Å². The Morgan fingerprint density at radius 2 is 0.962 bits per heavy atom. The Labute approximate surface area is 407 Å². The Hall–Kier alpha value is 1.14. The summed E-state index contributed by atoms with van der Waals surface area (Å²) in [4.78, 5) is 32.0. The van der Waals surface area contributed by atoms with Gasteiger partial charge >= 0.3 is 5.97 Å². The summed E-state index contributed by atoms with van der Waals surface area (Å²) in [7, 11) is 0.